The predicted molar refractivity (Wildman–Crippen MR) is 108 cm³/mol. The molecular weight excluding hydrogens is 489 g/mol. The van der Waals surface area contributed by atoms with E-state index in [0.29, 0.717) is 16.4 Å². The number of sulfonamides is 1. The van der Waals surface area contributed by atoms with Gasteiger partial charge in [0, 0.05) is 31.1 Å². The van der Waals surface area contributed by atoms with Crippen LogP contribution in [0, 0.1) is 17.5 Å². The van der Waals surface area contributed by atoms with Gasteiger partial charge >= 0.3 is 0 Å². The van der Waals surface area contributed by atoms with Gasteiger partial charge in [0.1, 0.15) is 17.9 Å². The second kappa shape index (κ2) is 8.61. The van der Waals surface area contributed by atoms with Crippen molar-refractivity contribution < 1.29 is 39.9 Å². The lowest BCUT2D eigenvalue weighted by molar-refractivity contribution is -0.00586. The Kier molecular flexibility index (Phi) is 6.10. The molecule has 0 aliphatic carbocycles. The molecule has 0 spiro atoms. The maximum Gasteiger partial charge on any atom is 0.282 e. The zero-order chi connectivity index (χ0) is 24.8. The molecule has 0 bridgehead atoms. The van der Waals surface area contributed by atoms with Crippen LogP contribution in [-0.4, -0.2) is 79.1 Å². The van der Waals surface area contributed by atoms with Gasteiger partial charge in [-0.3, -0.25) is 4.79 Å². The largest absolute Gasteiger partial charge is 0.487 e. The van der Waals surface area contributed by atoms with E-state index >= 15 is 0 Å². The third kappa shape index (κ3) is 4.75. The monoisotopic (exact) mass is 507 g/mol. The van der Waals surface area contributed by atoms with Crippen LogP contribution in [0.15, 0.2) is 24.5 Å². The summed E-state index contributed by atoms with van der Waals surface area (Å²) < 4.78 is 97.5. The molecule has 2 fully saturated rings. The van der Waals surface area contributed by atoms with E-state index in [4.69, 9.17) is 4.74 Å². The number of hydrogen-bond acceptors (Lipinski definition) is 7. The molecule has 15 heteroatoms. The van der Waals surface area contributed by atoms with E-state index in [1.54, 1.807) is 0 Å². The summed E-state index contributed by atoms with van der Waals surface area (Å²) in [5.74, 6) is -9.07. The second-order valence-corrected chi connectivity index (χ2v) is 9.90. The van der Waals surface area contributed by atoms with Gasteiger partial charge in [-0.05, 0) is 0 Å². The fourth-order valence-corrected chi connectivity index (χ4v) is 4.40. The van der Waals surface area contributed by atoms with Gasteiger partial charge in [-0.25, -0.2) is 40.3 Å². The van der Waals surface area contributed by atoms with E-state index in [-0.39, 0.29) is 30.4 Å². The Labute approximate surface area is 190 Å². The minimum absolute atomic E-state index is 0.0533. The molecule has 1 amide bonds. The summed E-state index contributed by atoms with van der Waals surface area (Å²) in [6.45, 7) is -1.43. The maximum absolute atomic E-state index is 14.3. The number of nitrogens with one attached hydrogen (secondary N) is 1. The maximum atomic E-state index is 14.3. The van der Waals surface area contributed by atoms with Crippen molar-refractivity contribution in [1.29, 1.82) is 0 Å². The first-order valence-corrected chi connectivity index (χ1v) is 11.7. The van der Waals surface area contributed by atoms with Crippen molar-refractivity contribution in [3.8, 4) is 5.75 Å². The molecule has 9 nitrogen and oxygen atoms in total. The first-order chi connectivity index (χ1) is 15.8. The second-order valence-electron chi connectivity index (χ2n) is 7.92. The van der Waals surface area contributed by atoms with Gasteiger partial charge in [0.25, 0.3) is 11.8 Å². The number of benzene rings is 1. The number of carbonyl (C=O) groups excluding carboxylic acids is 1. The van der Waals surface area contributed by atoms with Gasteiger partial charge in [-0.1, -0.05) is 0 Å². The summed E-state index contributed by atoms with van der Waals surface area (Å²) in [7, 11) is -3.88. The Morgan fingerprint density at radius 2 is 1.74 bits per heavy atom. The quantitative estimate of drug-likeness (QED) is 0.463. The molecule has 2 saturated heterocycles. The van der Waals surface area contributed by atoms with Crippen LogP contribution in [0.5, 0.6) is 5.75 Å². The van der Waals surface area contributed by atoms with Crippen molar-refractivity contribution >= 4 is 21.7 Å². The van der Waals surface area contributed by atoms with Crippen LogP contribution in [0.2, 0.25) is 0 Å². The summed E-state index contributed by atoms with van der Waals surface area (Å²) in [6.07, 6.45) is 2.68. The fourth-order valence-electron chi connectivity index (χ4n) is 3.58. The van der Waals surface area contributed by atoms with Crippen LogP contribution in [-0.2, 0) is 10.0 Å². The molecule has 2 aromatic rings. The van der Waals surface area contributed by atoms with Crippen LogP contribution in [0.25, 0.3) is 0 Å². The SMILES string of the molecule is CS(=O)(=O)N1CC(NC(=O)c2nccnc2N2CC(Oc3cc(F)c(F)c(F)c3)C2)C(F)(F)C1. The fraction of sp³-hybridized carbons (Fsp3) is 0.421. The van der Waals surface area contributed by atoms with Crippen LogP contribution in [0.4, 0.5) is 27.8 Å². The molecule has 2 aliphatic rings. The smallest absolute Gasteiger partial charge is 0.282 e. The molecule has 1 aromatic heterocycles. The number of carbonyl (C=O) groups is 1. The Balaban J connectivity index is 1.42. The summed E-state index contributed by atoms with van der Waals surface area (Å²) >= 11 is 0. The summed E-state index contributed by atoms with van der Waals surface area (Å²) in [5.41, 5.74) is -0.270. The van der Waals surface area contributed by atoms with E-state index in [1.807, 2.05) is 0 Å². The average molecular weight is 507 g/mol. The van der Waals surface area contributed by atoms with Crippen LogP contribution in [0.1, 0.15) is 10.5 Å². The van der Waals surface area contributed by atoms with Crippen molar-refractivity contribution in [3.05, 3.63) is 47.7 Å². The Morgan fingerprint density at radius 1 is 1.12 bits per heavy atom. The molecule has 0 radical (unpaired) electrons. The molecular formula is C19H18F5N5O4S. The van der Waals surface area contributed by atoms with E-state index in [1.165, 1.54) is 17.3 Å². The predicted octanol–water partition coefficient (Wildman–Crippen LogP) is 1.17. The zero-order valence-corrected chi connectivity index (χ0v) is 18.3. The normalized spacial score (nSPS) is 20.8. The third-order valence-electron chi connectivity index (χ3n) is 5.36. The van der Waals surface area contributed by atoms with Crippen molar-refractivity contribution in [2.24, 2.45) is 0 Å². The zero-order valence-electron chi connectivity index (χ0n) is 17.5. The van der Waals surface area contributed by atoms with Gasteiger partial charge in [0.05, 0.1) is 25.9 Å². The van der Waals surface area contributed by atoms with Crippen molar-refractivity contribution in [1.82, 2.24) is 19.6 Å². The lowest BCUT2D eigenvalue weighted by atomic mass is 10.1. The molecule has 1 atom stereocenters. The number of alkyl halides is 2. The molecule has 1 N–H and O–H groups in total. The first kappa shape index (κ1) is 24.1. The van der Waals surface area contributed by atoms with Crippen molar-refractivity contribution in [2.45, 2.75) is 18.1 Å². The highest BCUT2D eigenvalue weighted by molar-refractivity contribution is 7.88. The molecule has 1 unspecified atom stereocenters. The lowest BCUT2D eigenvalue weighted by Crippen LogP contribution is -2.55. The topological polar surface area (TPSA) is 105 Å². The van der Waals surface area contributed by atoms with E-state index in [2.05, 4.69) is 15.3 Å². The van der Waals surface area contributed by atoms with Gasteiger partial charge in [-0.2, -0.15) is 4.31 Å². The molecule has 3 heterocycles. The van der Waals surface area contributed by atoms with Crippen LogP contribution >= 0.6 is 0 Å². The number of amides is 1. The minimum Gasteiger partial charge on any atom is -0.487 e. The van der Waals surface area contributed by atoms with Crippen molar-refractivity contribution in [3.63, 3.8) is 0 Å². The third-order valence-corrected chi connectivity index (χ3v) is 6.58. The van der Waals surface area contributed by atoms with Gasteiger partial charge in [0.2, 0.25) is 10.0 Å². The summed E-state index contributed by atoms with van der Waals surface area (Å²) in [6, 6.07) is -0.367. The Hall–Kier alpha value is -3.07. The highest BCUT2D eigenvalue weighted by Crippen LogP contribution is 2.30. The molecule has 0 saturated carbocycles. The number of halogens is 5. The number of rotatable bonds is 6. The number of aromatic nitrogens is 2. The summed E-state index contributed by atoms with van der Waals surface area (Å²) in [4.78, 5) is 22.2. The standard InChI is InChI=1S/C19H18F5N5O4S/c1-34(31,32)29-8-14(19(23,24)9-29)27-18(30)16-17(26-3-2-25-16)28-6-11(7-28)33-10-4-12(20)15(22)13(21)5-10/h2-5,11,14H,6-9H2,1H3,(H,27,30). The average Bonchev–Trinajstić information content (AvgIpc) is 3.03. The molecule has 2 aliphatic heterocycles. The highest BCUT2D eigenvalue weighted by Gasteiger charge is 2.51. The number of hydrogen-bond donors (Lipinski definition) is 1. The van der Waals surface area contributed by atoms with E-state index in [0.717, 1.165) is 6.26 Å². The molecule has 4 rings (SSSR count). The lowest BCUT2D eigenvalue weighted by Gasteiger charge is -2.40. The van der Waals surface area contributed by atoms with Crippen molar-refractivity contribution in [2.75, 3.05) is 37.3 Å². The van der Waals surface area contributed by atoms with Crippen LogP contribution in [0.3, 0.4) is 0 Å². The van der Waals surface area contributed by atoms with Gasteiger partial charge in [0.15, 0.2) is 29.0 Å². The molecule has 1 aromatic carbocycles. The van der Waals surface area contributed by atoms with Gasteiger partial charge in [-0.15, -0.1) is 0 Å². The summed E-state index contributed by atoms with van der Waals surface area (Å²) in [5, 5.41) is 2.13. The Morgan fingerprint density at radius 3 is 2.32 bits per heavy atom. The van der Waals surface area contributed by atoms with Gasteiger partial charge < -0.3 is 15.0 Å². The highest BCUT2D eigenvalue weighted by atomic mass is 32.2. The van der Waals surface area contributed by atoms with E-state index in [9.17, 15) is 35.2 Å². The Bertz CT molecular complexity index is 1200. The minimum atomic E-state index is -3.88. The molecule has 34 heavy (non-hydrogen) atoms. The van der Waals surface area contributed by atoms with Crippen LogP contribution < -0.4 is 15.0 Å². The first-order valence-electron chi connectivity index (χ1n) is 9.86. The molecule has 184 valence electrons. The number of nitrogens with zero attached hydrogens (tertiary/aromatic N) is 4. The van der Waals surface area contributed by atoms with E-state index < -0.39 is 64.5 Å². The number of anilines is 1. The number of ether oxygens (including phenoxy) is 1.